The maximum absolute atomic E-state index is 12.3. The van der Waals surface area contributed by atoms with Crippen LogP contribution in [-0.2, 0) is 14.8 Å². The van der Waals surface area contributed by atoms with Crippen LogP contribution in [0.1, 0.15) is 22.5 Å². The standard InChI is InChI=1S/C12H16N2O5S2/c1-13(7-11(15)14-4-2-3-5-14)21(18,19)9-6-10(12(16)17)20-8-9/h6,8H,2-5,7H2,1H3,(H,16,17). The molecule has 2 heterocycles. The van der Waals surface area contributed by atoms with E-state index in [4.69, 9.17) is 5.11 Å². The molecule has 1 aliphatic rings. The second-order valence-corrected chi connectivity index (χ2v) is 7.76. The second kappa shape index (κ2) is 6.12. The summed E-state index contributed by atoms with van der Waals surface area (Å²) in [7, 11) is -2.52. The van der Waals surface area contributed by atoms with E-state index in [-0.39, 0.29) is 22.2 Å². The van der Waals surface area contributed by atoms with Gasteiger partial charge in [0.15, 0.2) is 0 Å². The molecule has 7 nitrogen and oxygen atoms in total. The number of carbonyl (C=O) groups excluding carboxylic acids is 1. The maximum atomic E-state index is 12.3. The van der Waals surface area contributed by atoms with Crippen molar-refractivity contribution >= 4 is 33.2 Å². The zero-order valence-corrected chi connectivity index (χ0v) is 13.1. The van der Waals surface area contributed by atoms with Gasteiger partial charge in [-0.25, -0.2) is 13.2 Å². The van der Waals surface area contributed by atoms with E-state index in [0.29, 0.717) is 13.1 Å². The minimum Gasteiger partial charge on any atom is -0.477 e. The van der Waals surface area contributed by atoms with Crippen LogP contribution in [0.5, 0.6) is 0 Å². The third-order valence-electron chi connectivity index (χ3n) is 3.31. The number of likely N-dealkylation sites (N-methyl/N-ethyl adjacent to an activating group) is 1. The van der Waals surface area contributed by atoms with Crippen molar-refractivity contribution in [2.45, 2.75) is 17.7 Å². The Labute approximate surface area is 126 Å². The van der Waals surface area contributed by atoms with Gasteiger partial charge in [0.2, 0.25) is 15.9 Å². The average molecular weight is 332 g/mol. The van der Waals surface area contributed by atoms with Crippen molar-refractivity contribution in [3.8, 4) is 0 Å². The molecule has 1 aromatic rings. The van der Waals surface area contributed by atoms with Crippen molar-refractivity contribution in [2.75, 3.05) is 26.7 Å². The lowest BCUT2D eigenvalue weighted by Gasteiger charge is -2.20. The summed E-state index contributed by atoms with van der Waals surface area (Å²) in [5.74, 6) is -1.40. The van der Waals surface area contributed by atoms with Crippen LogP contribution in [0.2, 0.25) is 0 Å². The fourth-order valence-corrected chi connectivity index (χ4v) is 4.31. The first-order valence-electron chi connectivity index (χ1n) is 6.38. The molecule has 0 bridgehead atoms. The number of hydrogen-bond donors (Lipinski definition) is 1. The number of amides is 1. The number of nitrogens with zero attached hydrogens (tertiary/aromatic N) is 2. The molecular formula is C12H16N2O5S2. The molecule has 1 aromatic heterocycles. The smallest absolute Gasteiger partial charge is 0.345 e. The van der Waals surface area contributed by atoms with Crippen molar-refractivity contribution in [1.82, 2.24) is 9.21 Å². The Morgan fingerprint density at radius 3 is 2.52 bits per heavy atom. The van der Waals surface area contributed by atoms with E-state index >= 15 is 0 Å². The Morgan fingerprint density at radius 2 is 2.00 bits per heavy atom. The number of thiophene rings is 1. The summed E-state index contributed by atoms with van der Waals surface area (Å²) < 4.78 is 25.5. The van der Waals surface area contributed by atoms with E-state index in [0.717, 1.165) is 34.6 Å². The minimum atomic E-state index is -3.84. The van der Waals surface area contributed by atoms with Gasteiger partial charge in [0, 0.05) is 25.5 Å². The number of carboxylic acids is 1. The van der Waals surface area contributed by atoms with E-state index < -0.39 is 16.0 Å². The van der Waals surface area contributed by atoms with Gasteiger partial charge in [-0.3, -0.25) is 4.79 Å². The molecule has 2 rings (SSSR count). The average Bonchev–Trinajstić information content (AvgIpc) is 3.10. The Bertz CT molecular complexity index is 646. The Hall–Kier alpha value is -1.45. The Kier molecular flexibility index (Phi) is 4.64. The zero-order valence-electron chi connectivity index (χ0n) is 11.5. The Morgan fingerprint density at radius 1 is 1.38 bits per heavy atom. The quantitative estimate of drug-likeness (QED) is 0.856. The molecule has 1 N–H and O–H groups in total. The summed E-state index contributed by atoms with van der Waals surface area (Å²) in [6, 6.07) is 1.11. The van der Waals surface area contributed by atoms with E-state index in [1.54, 1.807) is 4.90 Å². The number of carbonyl (C=O) groups is 2. The van der Waals surface area contributed by atoms with E-state index in [2.05, 4.69) is 0 Å². The normalized spacial score (nSPS) is 15.6. The van der Waals surface area contributed by atoms with Gasteiger partial charge in [-0.05, 0) is 18.9 Å². The van der Waals surface area contributed by atoms with E-state index in [9.17, 15) is 18.0 Å². The molecular weight excluding hydrogens is 316 g/mol. The summed E-state index contributed by atoms with van der Waals surface area (Å²) in [5, 5.41) is 10.1. The van der Waals surface area contributed by atoms with Crippen LogP contribution in [0.4, 0.5) is 0 Å². The number of sulfonamides is 1. The van der Waals surface area contributed by atoms with Gasteiger partial charge in [-0.1, -0.05) is 0 Å². The molecule has 116 valence electrons. The molecule has 1 aliphatic heterocycles. The highest BCUT2D eigenvalue weighted by molar-refractivity contribution is 7.89. The van der Waals surface area contributed by atoms with Crippen LogP contribution >= 0.6 is 11.3 Å². The van der Waals surface area contributed by atoms with Crippen molar-refractivity contribution in [3.63, 3.8) is 0 Å². The number of aromatic carboxylic acids is 1. The fourth-order valence-electron chi connectivity index (χ4n) is 2.09. The van der Waals surface area contributed by atoms with Gasteiger partial charge >= 0.3 is 5.97 Å². The highest BCUT2D eigenvalue weighted by Gasteiger charge is 2.27. The van der Waals surface area contributed by atoms with Gasteiger partial charge in [-0.2, -0.15) is 4.31 Å². The van der Waals surface area contributed by atoms with Crippen molar-refractivity contribution < 1.29 is 23.1 Å². The van der Waals surface area contributed by atoms with E-state index in [1.165, 1.54) is 12.4 Å². The van der Waals surface area contributed by atoms with Crippen LogP contribution in [0, 0.1) is 0 Å². The second-order valence-electron chi connectivity index (χ2n) is 4.80. The lowest BCUT2D eigenvalue weighted by Crippen LogP contribution is -2.39. The SMILES string of the molecule is CN(CC(=O)N1CCCC1)S(=O)(=O)c1csc(C(=O)O)c1. The number of hydrogen-bond acceptors (Lipinski definition) is 5. The van der Waals surface area contributed by atoms with Gasteiger partial charge in [-0.15, -0.1) is 11.3 Å². The summed E-state index contributed by atoms with van der Waals surface area (Å²) in [4.78, 5) is 24.3. The summed E-state index contributed by atoms with van der Waals surface area (Å²) in [6.45, 7) is 1.09. The topological polar surface area (TPSA) is 95.0 Å². The number of rotatable bonds is 5. The molecule has 9 heteroatoms. The molecule has 21 heavy (non-hydrogen) atoms. The van der Waals surface area contributed by atoms with E-state index in [1.807, 2.05) is 0 Å². The lowest BCUT2D eigenvalue weighted by molar-refractivity contribution is -0.130. The van der Waals surface area contributed by atoms with Crippen LogP contribution in [0.3, 0.4) is 0 Å². The van der Waals surface area contributed by atoms with Crippen molar-refractivity contribution in [2.24, 2.45) is 0 Å². The first-order chi connectivity index (χ1) is 9.82. The molecule has 1 fully saturated rings. The maximum Gasteiger partial charge on any atom is 0.345 e. The first kappa shape index (κ1) is 15.9. The zero-order chi connectivity index (χ0) is 15.6. The molecule has 0 unspecified atom stereocenters. The fraction of sp³-hybridized carbons (Fsp3) is 0.500. The third-order valence-corrected chi connectivity index (χ3v) is 6.16. The number of carboxylic acid groups (broad SMARTS) is 1. The van der Waals surface area contributed by atoms with Gasteiger partial charge in [0.05, 0.1) is 11.4 Å². The molecule has 1 saturated heterocycles. The molecule has 0 atom stereocenters. The van der Waals surface area contributed by atoms with Crippen molar-refractivity contribution in [3.05, 3.63) is 16.3 Å². The van der Waals surface area contributed by atoms with Crippen molar-refractivity contribution in [1.29, 1.82) is 0 Å². The van der Waals surface area contributed by atoms with Crippen LogP contribution in [-0.4, -0.2) is 61.3 Å². The predicted octanol–water partition coefficient (Wildman–Crippen LogP) is 0.689. The van der Waals surface area contributed by atoms with Gasteiger partial charge in [0.25, 0.3) is 0 Å². The molecule has 0 aromatic carbocycles. The lowest BCUT2D eigenvalue weighted by atomic mass is 10.4. The summed E-state index contributed by atoms with van der Waals surface area (Å²) >= 11 is 0.845. The third kappa shape index (κ3) is 3.42. The highest BCUT2D eigenvalue weighted by atomic mass is 32.2. The number of likely N-dealkylation sites (tertiary alicyclic amines) is 1. The Balaban J connectivity index is 2.10. The van der Waals surface area contributed by atoms with Gasteiger partial charge in [0.1, 0.15) is 4.88 Å². The summed E-state index contributed by atoms with van der Waals surface area (Å²) in [5.41, 5.74) is 0. The first-order valence-corrected chi connectivity index (χ1v) is 8.70. The monoisotopic (exact) mass is 332 g/mol. The molecule has 0 spiro atoms. The largest absolute Gasteiger partial charge is 0.477 e. The minimum absolute atomic E-state index is 0.0483. The molecule has 0 aliphatic carbocycles. The van der Waals surface area contributed by atoms with Crippen LogP contribution in [0.25, 0.3) is 0 Å². The van der Waals surface area contributed by atoms with Crippen LogP contribution < -0.4 is 0 Å². The molecule has 1 amide bonds. The molecule has 0 radical (unpaired) electrons. The van der Waals surface area contributed by atoms with Crippen LogP contribution in [0.15, 0.2) is 16.3 Å². The molecule has 0 saturated carbocycles. The summed E-state index contributed by atoms with van der Waals surface area (Å²) in [6.07, 6.45) is 1.88. The predicted molar refractivity (Wildman–Crippen MR) is 76.9 cm³/mol. The highest BCUT2D eigenvalue weighted by Crippen LogP contribution is 2.22. The van der Waals surface area contributed by atoms with Gasteiger partial charge < -0.3 is 10.0 Å².